The SMILES string of the molecule is Cc1n(C)c(=O)c2c(ncn2C)[n+]1C. The second kappa shape index (κ2) is 2.67. The van der Waals surface area contributed by atoms with Crippen molar-refractivity contribution in [2.24, 2.45) is 21.1 Å². The van der Waals surface area contributed by atoms with Crippen LogP contribution in [-0.2, 0) is 21.1 Å². The lowest BCUT2D eigenvalue weighted by atomic mass is 10.4. The van der Waals surface area contributed by atoms with Gasteiger partial charge in [-0.2, -0.15) is 0 Å². The summed E-state index contributed by atoms with van der Waals surface area (Å²) in [7, 11) is 5.50. The van der Waals surface area contributed by atoms with Gasteiger partial charge >= 0.3 is 5.56 Å². The largest absolute Gasteiger partial charge is 0.337 e. The highest BCUT2D eigenvalue weighted by Gasteiger charge is 2.18. The quantitative estimate of drug-likeness (QED) is 0.525. The van der Waals surface area contributed by atoms with E-state index in [4.69, 9.17) is 0 Å². The molecule has 0 saturated carbocycles. The third-order valence-corrected chi connectivity index (χ3v) is 2.71. The van der Waals surface area contributed by atoms with Gasteiger partial charge in [0.2, 0.25) is 11.3 Å². The minimum Gasteiger partial charge on any atom is -0.310 e. The molecule has 0 fully saturated rings. The van der Waals surface area contributed by atoms with E-state index in [2.05, 4.69) is 4.98 Å². The summed E-state index contributed by atoms with van der Waals surface area (Å²) in [5.74, 6) is 0.890. The molecular weight excluding hydrogens is 180 g/mol. The molecule has 0 aromatic carbocycles. The van der Waals surface area contributed by atoms with Gasteiger partial charge in [-0.25, -0.2) is 13.9 Å². The second-order valence-electron chi connectivity index (χ2n) is 3.50. The van der Waals surface area contributed by atoms with Crippen molar-refractivity contribution in [1.29, 1.82) is 0 Å². The summed E-state index contributed by atoms with van der Waals surface area (Å²) in [4.78, 5) is 16.1. The lowest BCUT2D eigenvalue weighted by molar-refractivity contribution is -0.658. The van der Waals surface area contributed by atoms with E-state index in [1.165, 1.54) is 0 Å². The van der Waals surface area contributed by atoms with Gasteiger partial charge in [0.1, 0.15) is 0 Å². The third-order valence-electron chi connectivity index (χ3n) is 2.71. The molecule has 2 heterocycles. The Morgan fingerprint density at radius 2 is 2.07 bits per heavy atom. The van der Waals surface area contributed by atoms with E-state index in [9.17, 15) is 4.79 Å². The van der Waals surface area contributed by atoms with E-state index in [0.29, 0.717) is 5.52 Å². The molecule has 2 aromatic rings. The highest BCUT2D eigenvalue weighted by Crippen LogP contribution is 2.01. The highest BCUT2D eigenvalue weighted by molar-refractivity contribution is 5.65. The maximum absolute atomic E-state index is 11.9. The predicted molar refractivity (Wildman–Crippen MR) is 51.9 cm³/mol. The van der Waals surface area contributed by atoms with E-state index < -0.39 is 0 Å². The molecule has 0 saturated heterocycles. The topological polar surface area (TPSA) is 43.7 Å². The van der Waals surface area contributed by atoms with Crippen LogP contribution in [0.15, 0.2) is 11.1 Å². The van der Waals surface area contributed by atoms with Crippen molar-refractivity contribution in [2.75, 3.05) is 0 Å². The Labute approximate surface area is 81.2 Å². The fourth-order valence-electron chi connectivity index (χ4n) is 1.59. The highest BCUT2D eigenvalue weighted by atomic mass is 16.1. The zero-order valence-electron chi connectivity index (χ0n) is 8.77. The van der Waals surface area contributed by atoms with Crippen LogP contribution in [0.1, 0.15) is 5.82 Å². The number of nitrogens with zero attached hydrogens (tertiary/aromatic N) is 4. The van der Waals surface area contributed by atoms with E-state index >= 15 is 0 Å². The number of fused-ring (bicyclic) bond motifs is 1. The molecule has 5 heteroatoms. The van der Waals surface area contributed by atoms with Gasteiger partial charge in [-0.15, -0.1) is 0 Å². The van der Waals surface area contributed by atoms with Crippen LogP contribution in [0.3, 0.4) is 0 Å². The minimum absolute atomic E-state index is 0.00407. The Morgan fingerprint density at radius 1 is 1.43 bits per heavy atom. The maximum atomic E-state index is 11.9. The van der Waals surface area contributed by atoms with Gasteiger partial charge in [-0.05, 0) is 0 Å². The van der Waals surface area contributed by atoms with Crippen molar-refractivity contribution in [2.45, 2.75) is 6.92 Å². The van der Waals surface area contributed by atoms with Gasteiger partial charge in [-0.3, -0.25) is 0 Å². The van der Waals surface area contributed by atoms with Crippen LogP contribution >= 0.6 is 0 Å². The average Bonchev–Trinajstić information content (AvgIpc) is 2.54. The Kier molecular flexibility index (Phi) is 1.70. The number of aromatic nitrogens is 4. The molecule has 2 rings (SSSR count). The standard InChI is InChI=1S/C9H13N4O/c1-6-12(3)8-7(9(14)13(6)4)11(2)5-10-8/h5H,1-4H3/q+1. The summed E-state index contributed by atoms with van der Waals surface area (Å²) in [5, 5.41) is 0. The number of imidazole rings is 1. The molecule has 74 valence electrons. The fourth-order valence-corrected chi connectivity index (χ4v) is 1.59. The van der Waals surface area contributed by atoms with Crippen molar-refractivity contribution >= 4 is 11.2 Å². The van der Waals surface area contributed by atoms with Crippen LogP contribution in [0, 0.1) is 6.92 Å². The number of hydrogen-bond acceptors (Lipinski definition) is 2. The summed E-state index contributed by atoms with van der Waals surface area (Å²) in [6.07, 6.45) is 1.66. The fraction of sp³-hybridized carbons (Fsp3) is 0.444. The lowest BCUT2D eigenvalue weighted by Crippen LogP contribution is -2.41. The second-order valence-corrected chi connectivity index (χ2v) is 3.50. The van der Waals surface area contributed by atoms with Crippen LogP contribution in [0.2, 0.25) is 0 Å². The van der Waals surface area contributed by atoms with E-state index in [-0.39, 0.29) is 5.56 Å². The minimum atomic E-state index is -0.00407. The number of aryl methyl sites for hydroxylation is 2. The molecule has 0 bridgehead atoms. The smallest absolute Gasteiger partial charge is 0.310 e. The molecular formula is C9H13N4O+. The summed E-state index contributed by atoms with van der Waals surface area (Å²) in [5.41, 5.74) is 1.37. The predicted octanol–water partition coefficient (Wildman–Crippen LogP) is -0.595. The first-order valence-electron chi connectivity index (χ1n) is 4.40. The average molecular weight is 193 g/mol. The molecule has 0 aliphatic heterocycles. The molecule has 0 atom stereocenters. The molecule has 0 unspecified atom stereocenters. The van der Waals surface area contributed by atoms with Crippen LogP contribution in [0.4, 0.5) is 0 Å². The number of hydrogen-bond donors (Lipinski definition) is 0. The molecule has 0 radical (unpaired) electrons. The molecule has 0 spiro atoms. The summed E-state index contributed by atoms with van der Waals surface area (Å²) < 4.78 is 5.29. The first-order chi connectivity index (χ1) is 6.54. The van der Waals surface area contributed by atoms with Crippen molar-refractivity contribution < 1.29 is 4.57 Å². The normalized spacial score (nSPS) is 11.1. The third kappa shape index (κ3) is 0.921. The molecule has 0 aliphatic rings. The Bertz CT molecular complexity index is 564. The molecule has 0 N–H and O–H groups in total. The van der Waals surface area contributed by atoms with Gasteiger partial charge in [0.15, 0.2) is 6.33 Å². The molecule has 5 nitrogen and oxygen atoms in total. The molecule has 0 aliphatic carbocycles. The van der Waals surface area contributed by atoms with E-state index in [0.717, 1.165) is 11.5 Å². The maximum Gasteiger partial charge on any atom is 0.337 e. The Balaban J connectivity index is 3.14. The van der Waals surface area contributed by atoms with Crippen molar-refractivity contribution in [3.05, 3.63) is 22.5 Å². The first kappa shape index (κ1) is 8.93. The van der Waals surface area contributed by atoms with Crippen LogP contribution in [0.25, 0.3) is 11.2 Å². The van der Waals surface area contributed by atoms with Gasteiger partial charge in [0.05, 0.1) is 14.1 Å². The van der Waals surface area contributed by atoms with Crippen molar-refractivity contribution in [3.63, 3.8) is 0 Å². The van der Waals surface area contributed by atoms with E-state index in [1.807, 2.05) is 25.6 Å². The zero-order chi connectivity index (χ0) is 10.5. The summed E-state index contributed by atoms with van der Waals surface area (Å²) in [6.45, 7) is 1.90. The van der Waals surface area contributed by atoms with Gasteiger partial charge in [-0.1, -0.05) is 4.98 Å². The molecule has 0 amide bonds. The lowest BCUT2D eigenvalue weighted by Gasteiger charge is -2.02. The molecule has 14 heavy (non-hydrogen) atoms. The molecule has 2 aromatic heterocycles. The summed E-state index contributed by atoms with van der Waals surface area (Å²) >= 11 is 0. The monoisotopic (exact) mass is 193 g/mol. The van der Waals surface area contributed by atoms with Crippen molar-refractivity contribution in [3.8, 4) is 0 Å². The zero-order valence-corrected chi connectivity index (χ0v) is 8.77. The number of rotatable bonds is 0. The van der Waals surface area contributed by atoms with Crippen LogP contribution in [-0.4, -0.2) is 14.1 Å². The van der Waals surface area contributed by atoms with Crippen LogP contribution < -0.4 is 10.1 Å². The van der Waals surface area contributed by atoms with Crippen LogP contribution in [0.5, 0.6) is 0 Å². The Hall–Kier alpha value is -1.65. The van der Waals surface area contributed by atoms with Gasteiger partial charge < -0.3 is 4.57 Å². The first-order valence-corrected chi connectivity index (χ1v) is 4.40. The summed E-state index contributed by atoms with van der Waals surface area (Å²) in [6, 6.07) is 0. The Morgan fingerprint density at radius 3 is 2.71 bits per heavy atom. The van der Waals surface area contributed by atoms with E-state index in [1.54, 1.807) is 22.5 Å². The van der Waals surface area contributed by atoms with Gasteiger partial charge in [0.25, 0.3) is 5.65 Å². The van der Waals surface area contributed by atoms with Crippen molar-refractivity contribution in [1.82, 2.24) is 14.1 Å². The van der Waals surface area contributed by atoms with Gasteiger partial charge in [0, 0.05) is 14.0 Å².